The lowest BCUT2D eigenvalue weighted by Crippen LogP contribution is -2.38. The zero-order valence-corrected chi connectivity index (χ0v) is 16.4. The standard InChI is InChI=1S/C24H29N3O/c28-27-22(17-8-7-9-17)23-20-14-15-24(16-21(20)25-26-23,18-10-3-1-4-11-18)19-12-5-2-6-13-19/h1,3-4,10-11,14-15,17,19,28H,2,5-9,12-13,16H2,(H,25,26)/b27-22+. The number of benzene rings is 1. The Hall–Kier alpha value is -2.36. The van der Waals surface area contributed by atoms with E-state index in [0.717, 1.165) is 36.2 Å². The Morgan fingerprint density at radius 2 is 1.82 bits per heavy atom. The summed E-state index contributed by atoms with van der Waals surface area (Å²) in [5.74, 6) is 1.02. The van der Waals surface area contributed by atoms with Crippen LogP contribution in [0, 0.1) is 11.8 Å². The Labute approximate surface area is 166 Å². The molecular formula is C24H29N3O. The van der Waals surface area contributed by atoms with E-state index in [1.807, 2.05) is 0 Å². The highest BCUT2D eigenvalue weighted by Crippen LogP contribution is 2.47. The first-order valence-electron chi connectivity index (χ1n) is 10.9. The van der Waals surface area contributed by atoms with Gasteiger partial charge < -0.3 is 5.21 Å². The summed E-state index contributed by atoms with van der Waals surface area (Å²) in [6, 6.07) is 11.0. The molecule has 5 rings (SSSR count). The molecule has 2 saturated carbocycles. The van der Waals surface area contributed by atoms with Gasteiger partial charge in [-0.2, -0.15) is 5.10 Å². The van der Waals surface area contributed by atoms with Gasteiger partial charge in [-0.15, -0.1) is 0 Å². The molecule has 146 valence electrons. The molecule has 3 aliphatic carbocycles. The van der Waals surface area contributed by atoms with Gasteiger partial charge in [-0.25, -0.2) is 0 Å². The molecule has 0 bridgehead atoms. The Kier molecular flexibility index (Phi) is 4.58. The van der Waals surface area contributed by atoms with Crippen LogP contribution in [0.3, 0.4) is 0 Å². The van der Waals surface area contributed by atoms with Crippen molar-refractivity contribution in [3.63, 3.8) is 0 Å². The molecule has 28 heavy (non-hydrogen) atoms. The van der Waals surface area contributed by atoms with Gasteiger partial charge in [-0.3, -0.25) is 5.10 Å². The molecule has 4 heteroatoms. The monoisotopic (exact) mass is 375 g/mol. The molecule has 1 aromatic carbocycles. The van der Waals surface area contributed by atoms with Crippen molar-refractivity contribution in [1.29, 1.82) is 0 Å². The fraction of sp³-hybridized carbons (Fsp3) is 0.500. The molecule has 0 saturated heterocycles. The van der Waals surface area contributed by atoms with Gasteiger partial charge in [0.05, 0.1) is 0 Å². The van der Waals surface area contributed by atoms with Crippen molar-refractivity contribution in [3.8, 4) is 0 Å². The van der Waals surface area contributed by atoms with E-state index < -0.39 is 0 Å². The number of allylic oxidation sites excluding steroid dienone is 1. The number of fused-ring (bicyclic) bond motifs is 1. The average molecular weight is 376 g/mol. The van der Waals surface area contributed by atoms with Gasteiger partial charge in [0, 0.05) is 29.0 Å². The van der Waals surface area contributed by atoms with Gasteiger partial charge in [0.2, 0.25) is 0 Å². The predicted octanol–water partition coefficient (Wildman–Crippen LogP) is 5.48. The Morgan fingerprint density at radius 1 is 1.04 bits per heavy atom. The van der Waals surface area contributed by atoms with E-state index in [4.69, 9.17) is 0 Å². The minimum absolute atomic E-state index is 0.0332. The fourth-order valence-electron chi connectivity index (χ4n) is 5.56. The molecule has 1 heterocycles. The topological polar surface area (TPSA) is 61.3 Å². The Balaban J connectivity index is 1.55. The third-order valence-corrected chi connectivity index (χ3v) is 7.39. The molecule has 0 amide bonds. The zero-order chi connectivity index (χ0) is 19.0. The first-order chi connectivity index (χ1) is 13.8. The summed E-state index contributed by atoms with van der Waals surface area (Å²) in [6.07, 6.45) is 15.7. The molecule has 1 aromatic heterocycles. The number of oxime groups is 1. The highest BCUT2D eigenvalue weighted by atomic mass is 16.4. The second-order valence-corrected chi connectivity index (χ2v) is 8.83. The summed E-state index contributed by atoms with van der Waals surface area (Å²) >= 11 is 0. The summed E-state index contributed by atoms with van der Waals surface area (Å²) < 4.78 is 0. The van der Waals surface area contributed by atoms with Gasteiger partial charge in [-0.1, -0.05) is 73.3 Å². The van der Waals surface area contributed by atoms with Crippen LogP contribution in [0.5, 0.6) is 0 Å². The van der Waals surface area contributed by atoms with Gasteiger partial charge in [-0.05, 0) is 37.2 Å². The lowest BCUT2D eigenvalue weighted by Gasteiger charge is -2.43. The lowest BCUT2D eigenvalue weighted by molar-refractivity contribution is 0.241. The lowest BCUT2D eigenvalue weighted by atomic mass is 9.61. The minimum Gasteiger partial charge on any atom is -0.411 e. The van der Waals surface area contributed by atoms with Crippen molar-refractivity contribution in [3.05, 3.63) is 58.9 Å². The van der Waals surface area contributed by atoms with Crippen molar-refractivity contribution in [1.82, 2.24) is 10.2 Å². The number of nitrogens with zero attached hydrogens (tertiary/aromatic N) is 2. The summed E-state index contributed by atoms with van der Waals surface area (Å²) in [5, 5.41) is 21.2. The molecule has 2 N–H and O–H groups in total. The Morgan fingerprint density at radius 3 is 2.50 bits per heavy atom. The van der Waals surface area contributed by atoms with Crippen LogP contribution in [0.1, 0.15) is 73.9 Å². The minimum atomic E-state index is 0.0332. The van der Waals surface area contributed by atoms with E-state index in [2.05, 4.69) is 57.8 Å². The first kappa shape index (κ1) is 17.7. The van der Waals surface area contributed by atoms with Gasteiger partial charge in [0.25, 0.3) is 0 Å². The van der Waals surface area contributed by atoms with Crippen LogP contribution in [0.25, 0.3) is 6.08 Å². The third-order valence-electron chi connectivity index (χ3n) is 7.39. The Bertz CT molecular complexity index is 888. The molecule has 0 spiro atoms. The van der Waals surface area contributed by atoms with Crippen molar-refractivity contribution in [2.75, 3.05) is 0 Å². The smallest absolute Gasteiger partial charge is 0.117 e. The molecule has 2 fully saturated rings. The molecule has 3 aliphatic rings. The fourth-order valence-corrected chi connectivity index (χ4v) is 5.56. The van der Waals surface area contributed by atoms with Crippen molar-refractivity contribution < 1.29 is 5.21 Å². The number of hydrogen-bond donors (Lipinski definition) is 2. The maximum atomic E-state index is 9.63. The van der Waals surface area contributed by atoms with E-state index in [1.54, 1.807) is 0 Å². The maximum Gasteiger partial charge on any atom is 0.117 e. The van der Waals surface area contributed by atoms with E-state index in [-0.39, 0.29) is 5.41 Å². The number of hydrogen-bond acceptors (Lipinski definition) is 3. The van der Waals surface area contributed by atoms with Crippen LogP contribution in [-0.4, -0.2) is 21.1 Å². The maximum absolute atomic E-state index is 9.63. The quantitative estimate of drug-likeness (QED) is 0.422. The van der Waals surface area contributed by atoms with Crippen LogP contribution in [0.2, 0.25) is 0 Å². The van der Waals surface area contributed by atoms with E-state index in [0.29, 0.717) is 11.8 Å². The van der Waals surface area contributed by atoms with Crippen LogP contribution in [-0.2, 0) is 11.8 Å². The second-order valence-electron chi connectivity index (χ2n) is 8.83. The molecular weight excluding hydrogens is 346 g/mol. The van der Waals surface area contributed by atoms with Crippen molar-refractivity contribution >= 4 is 11.8 Å². The van der Waals surface area contributed by atoms with Gasteiger partial charge >= 0.3 is 0 Å². The van der Waals surface area contributed by atoms with Gasteiger partial charge in [0.1, 0.15) is 11.4 Å². The molecule has 1 unspecified atom stereocenters. The van der Waals surface area contributed by atoms with Crippen LogP contribution >= 0.6 is 0 Å². The highest BCUT2D eigenvalue weighted by Gasteiger charge is 2.42. The SMILES string of the molecule is O/N=C(/c1n[nH]c2c1C=CC(c1ccccc1)(C1CCCCC1)C2)C1CCC1. The van der Waals surface area contributed by atoms with Crippen LogP contribution in [0.15, 0.2) is 41.6 Å². The van der Waals surface area contributed by atoms with Crippen LogP contribution < -0.4 is 0 Å². The third kappa shape index (κ3) is 2.81. The molecule has 2 aromatic rings. The summed E-state index contributed by atoms with van der Waals surface area (Å²) in [7, 11) is 0. The first-order valence-corrected chi connectivity index (χ1v) is 10.9. The number of nitrogens with one attached hydrogen (secondary N) is 1. The largest absolute Gasteiger partial charge is 0.411 e. The summed E-state index contributed by atoms with van der Waals surface area (Å²) in [4.78, 5) is 0. The van der Waals surface area contributed by atoms with E-state index in [1.165, 1.54) is 49.8 Å². The zero-order valence-electron chi connectivity index (χ0n) is 16.4. The number of rotatable bonds is 4. The van der Waals surface area contributed by atoms with Crippen molar-refractivity contribution in [2.24, 2.45) is 17.0 Å². The van der Waals surface area contributed by atoms with Crippen LogP contribution in [0.4, 0.5) is 0 Å². The number of aromatic amines is 1. The molecule has 4 nitrogen and oxygen atoms in total. The van der Waals surface area contributed by atoms with E-state index >= 15 is 0 Å². The van der Waals surface area contributed by atoms with E-state index in [9.17, 15) is 5.21 Å². The van der Waals surface area contributed by atoms with Gasteiger partial charge in [0.15, 0.2) is 0 Å². The number of H-pyrrole nitrogens is 1. The summed E-state index contributed by atoms with van der Waals surface area (Å²) in [5.41, 5.74) is 5.37. The highest BCUT2D eigenvalue weighted by molar-refractivity contribution is 6.03. The van der Waals surface area contributed by atoms with Crippen molar-refractivity contribution in [2.45, 2.75) is 63.2 Å². The molecule has 0 radical (unpaired) electrons. The number of aromatic nitrogens is 2. The molecule has 0 aliphatic heterocycles. The predicted molar refractivity (Wildman–Crippen MR) is 112 cm³/mol. The summed E-state index contributed by atoms with van der Waals surface area (Å²) in [6.45, 7) is 0. The molecule has 1 atom stereocenters. The average Bonchev–Trinajstić information content (AvgIpc) is 3.14. The second kappa shape index (κ2) is 7.23. The normalized spacial score (nSPS) is 26.1.